The van der Waals surface area contributed by atoms with E-state index in [0.29, 0.717) is 36.2 Å². The molecule has 0 saturated carbocycles. The van der Waals surface area contributed by atoms with Gasteiger partial charge in [-0.15, -0.1) is 0 Å². The van der Waals surface area contributed by atoms with E-state index in [9.17, 15) is 13.2 Å². The average Bonchev–Trinajstić information content (AvgIpc) is 2.78. The first kappa shape index (κ1) is 17.9. The molecule has 1 aromatic carbocycles. The second-order valence-corrected chi connectivity index (χ2v) is 7.88. The van der Waals surface area contributed by atoms with Crippen LogP contribution in [-0.2, 0) is 14.8 Å². The van der Waals surface area contributed by atoms with Crippen molar-refractivity contribution in [3.63, 3.8) is 0 Å². The molecule has 0 atom stereocenters. The number of furan rings is 1. The van der Waals surface area contributed by atoms with Gasteiger partial charge in [-0.1, -0.05) is 0 Å². The van der Waals surface area contributed by atoms with Crippen molar-refractivity contribution in [3.8, 4) is 0 Å². The molecule has 0 unspecified atom stereocenters. The van der Waals surface area contributed by atoms with E-state index in [-0.39, 0.29) is 17.3 Å². The van der Waals surface area contributed by atoms with E-state index in [1.165, 1.54) is 10.4 Å². The second-order valence-electron chi connectivity index (χ2n) is 5.94. The molecule has 1 aromatic heterocycles. The van der Waals surface area contributed by atoms with Crippen molar-refractivity contribution in [2.75, 3.05) is 32.8 Å². The molecule has 0 aliphatic carbocycles. The molecule has 1 saturated heterocycles. The van der Waals surface area contributed by atoms with Crippen LogP contribution in [0.25, 0.3) is 11.0 Å². The summed E-state index contributed by atoms with van der Waals surface area (Å²) >= 11 is 0. The normalized spacial score (nSPS) is 16.7. The van der Waals surface area contributed by atoms with Crippen molar-refractivity contribution in [2.24, 2.45) is 0 Å². The van der Waals surface area contributed by atoms with E-state index in [1.54, 1.807) is 26.0 Å². The lowest BCUT2D eigenvalue weighted by Crippen LogP contribution is -2.34. The average molecular weight is 366 g/mol. The van der Waals surface area contributed by atoms with E-state index in [1.807, 2.05) is 0 Å². The van der Waals surface area contributed by atoms with Gasteiger partial charge in [-0.05, 0) is 45.0 Å². The van der Waals surface area contributed by atoms with E-state index >= 15 is 0 Å². The van der Waals surface area contributed by atoms with Gasteiger partial charge in [-0.25, -0.2) is 13.2 Å². The monoisotopic (exact) mass is 366 g/mol. The zero-order valence-corrected chi connectivity index (χ0v) is 15.2. The summed E-state index contributed by atoms with van der Waals surface area (Å²) in [5.74, 6) is -0.426. The maximum absolute atomic E-state index is 12.9. The number of carbonyl (C=O) groups excluding carboxylic acids is 1. The largest absolute Gasteiger partial charge is 0.460 e. The molecule has 136 valence electrons. The highest BCUT2D eigenvalue weighted by molar-refractivity contribution is 7.89. The highest BCUT2D eigenvalue weighted by atomic mass is 32.2. The van der Waals surface area contributed by atoms with Crippen LogP contribution in [0.2, 0.25) is 0 Å². The van der Waals surface area contributed by atoms with Crippen molar-refractivity contribution in [2.45, 2.75) is 25.2 Å². The fourth-order valence-corrected chi connectivity index (χ4v) is 4.47. The topological polar surface area (TPSA) is 88.8 Å². The van der Waals surface area contributed by atoms with Gasteiger partial charge >= 0.3 is 5.97 Å². The van der Waals surface area contributed by atoms with Crippen LogP contribution in [0.3, 0.4) is 0 Å². The number of rotatable bonds is 4. The Morgan fingerprint density at radius 3 is 2.88 bits per heavy atom. The van der Waals surface area contributed by atoms with Gasteiger partial charge in [-0.3, -0.25) is 0 Å². The van der Waals surface area contributed by atoms with Crippen molar-refractivity contribution >= 4 is 27.0 Å². The fourth-order valence-electron chi connectivity index (χ4n) is 2.96. The van der Waals surface area contributed by atoms with E-state index in [0.717, 1.165) is 13.0 Å². The predicted molar refractivity (Wildman–Crippen MR) is 93.2 cm³/mol. The molecule has 3 rings (SSSR count). The molecular weight excluding hydrogens is 344 g/mol. The number of hydrogen-bond acceptors (Lipinski definition) is 6. The first-order chi connectivity index (χ1) is 11.9. The van der Waals surface area contributed by atoms with Gasteiger partial charge in [-0.2, -0.15) is 4.31 Å². The summed E-state index contributed by atoms with van der Waals surface area (Å²) in [5, 5.41) is 3.80. The summed E-state index contributed by atoms with van der Waals surface area (Å²) in [5.41, 5.74) is 1.06. The van der Waals surface area contributed by atoms with Gasteiger partial charge in [0.25, 0.3) is 0 Å². The zero-order valence-electron chi connectivity index (χ0n) is 14.4. The first-order valence-electron chi connectivity index (χ1n) is 8.36. The minimum Gasteiger partial charge on any atom is -0.460 e. The van der Waals surface area contributed by atoms with Crippen molar-refractivity contribution in [1.82, 2.24) is 9.62 Å². The lowest BCUT2D eigenvalue weighted by atomic mass is 10.1. The molecule has 1 N–H and O–H groups in total. The quantitative estimate of drug-likeness (QED) is 0.832. The third-order valence-corrected chi connectivity index (χ3v) is 6.20. The minimum atomic E-state index is -3.58. The summed E-state index contributed by atoms with van der Waals surface area (Å²) in [6.45, 7) is 6.08. The molecule has 25 heavy (non-hydrogen) atoms. The van der Waals surface area contributed by atoms with Gasteiger partial charge < -0.3 is 14.5 Å². The zero-order chi connectivity index (χ0) is 18.0. The van der Waals surface area contributed by atoms with Crippen LogP contribution in [0, 0.1) is 6.92 Å². The Morgan fingerprint density at radius 1 is 1.32 bits per heavy atom. The lowest BCUT2D eigenvalue weighted by molar-refractivity contribution is 0.0491. The predicted octanol–water partition coefficient (Wildman–Crippen LogP) is 1.90. The SMILES string of the molecule is CCOC(=O)c1oc2ccc(S(=O)(=O)N3CCCNCC3)cc2c1C. The van der Waals surface area contributed by atoms with Gasteiger partial charge in [0.05, 0.1) is 11.5 Å². The number of aryl methyl sites for hydroxylation is 1. The summed E-state index contributed by atoms with van der Waals surface area (Å²) in [6.07, 6.45) is 0.777. The number of fused-ring (bicyclic) bond motifs is 1. The van der Waals surface area contributed by atoms with Crippen LogP contribution >= 0.6 is 0 Å². The van der Waals surface area contributed by atoms with Crippen LogP contribution in [0.5, 0.6) is 0 Å². The summed E-state index contributed by atoms with van der Waals surface area (Å²) in [7, 11) is -3.58. The molecule has 2 heterocycles. The Bertz CT molecular complexity index is 880. The van der Waals surface area contributed by atoms with E-state index in [2.05, 4.69) is 5.32 Å². The highest BCUT2D eigenvalue weighted by Gasteiger charge is 2.27. The number of nitrogens with one attached hydrogen (secondary N) is 1. The molecular formula is C17H22N2O5S. The van der Waals surface area contributed by atoms with E-state index < -0.39 is 16.0 Å². The number of nitrogens with zero attached hydrogens (tertiary/aromatic N) is 1. The second kappa shape index (κ2) is 7.15. The van der Waals surface area contributed by atoms with Crippen LogP contribution in [0.15, 0.2) is 27.5 Å². The van der Waals surface area contributed by atoms with Crippen LogP contribution in [0.4, 0.5) is 0 Å². The highest BCUT2D eigenvalue weighted by Crippen LogP contribution is 2.29. The van der Waals surface area contributed by atoms with Gasteiger partial charge in [0.2, 0.25) is 15.8 Å². The van der Waals surface area contributed by atoms with Gasteiger partial charge in [0.1, 0.15) is 5.58 Å². The Kier molecular flexibility index (Phi) is 5.12. The summed E-state index contributed by atoms with van der Waals surface area (Å²) in [4.78, 5) is 12.2. The summed E-state index contributed by atoms with van der Waals surface area (Å²) < 4.78 is 37.9. The van der Waals surface area contributed by atoms with Crippen molar-refractivity contribution in [3.05, 3.63) is 29.5 Å². The third kappa shape index (κ3) is 3.42. The Balaban J connectivity index is 2.00. The van der Waals surface area contributed by atoms with Crippen LogP contribution in [0.1, 0.15) is 29.5 Å². The Hall–Kier alpha value is -1.90. The molecule has 1 fully saturated rings. The van der Waals surface area contributed by atoms with Crippen molar-refractivity contribution in [1.29, 1.82) is 0 Å². The Labute approximate surface area is 147 Å². The number of ether oxygens (including phenoxy) is 1. The van der Waals surface area contributed by atoms with Gasteiger partial charge in [0.15, 0.2) is 0 Å². The first-order valence-corrected chi connectivity index (χ1v) is 9.80. The number of hydrogen-bond donors (Lipinski definition) is 1. The molecule has 1 aliphatic heterocycles. The van der Waals surface area contributed by atoms with Crippen molar-refractivity contribution < 1.29 is 22.4 Å². The van der Waals surface area contributed by atoms with Gasteiger partial charge in [0, 0.05) is 30.6 Å². The molecule has 0 spiro atoms. The molecule has 0 bridgehead atoms. The maximum Gasteiger partial charge on any atom is 0.374 e. The third-order valence-electron chi connectivity index (χ3n) is 4.31. The van der Waals surface area contributed by atoms with Crippen LogP contribution in [-0.4, -0.2) is 51.5 Å². The smallest absolute Gasteiger partial charge is 0.374 e. The molecule has 1 aliphatic rings. The Morgan fingerprint density at radius 2 is 2.12 bits per heavy atom. The molecule has 0 radical (unpaired) electrons. The molecule has 7 nitrogen and oxygen atoms in total. The molecule has 2 aromatic rings. The number of esters is 1. The number of sulfonamides is 1. The number of carbonyl (C=O) groups is 1. The van der Waals surface area contributed by atoms with Crippen LogP contribution < -0.4 is 5.32 Å². The standard InChI is InChI=1S/C17H22N2O5S/c1-3-23-17(20)16-12(2)14-11-13(5-6-15(14)24-16)25(21,22)19-9-4-7-18-8-10-19/h5-6,11,18H,3-4,7-10H2,1-2H3. The summed E-state index contributed by atoms with van der Waals surface area (Å²) in [6, 6.07) is 4.69. The minimum absolute atomic E-state index is 0.116. The lowest BCUT2D eigenvalue weighted by Gasteiger charge is -2.19. The van der Waals surface area contributed by atoms with E-state index in [4.69, 9.17) is 9.15 Å². The number of benzene rings is 1. The fraction of sp³-hybridized carbons (Fsp3) is 0.471. The molecule has 8 heteroatoms. The maximum atomic E-state index is 12.9. The molecule has 0 amide bonds.